The summed E-state index contributed by atoms with van der Waals surface area (Å²) >= 11 is 0. The van der Waals surface area contributed by atoms with Crippen LogP contribution >= 0.6 is 0 Å². The lowest BCUT2D eigenvalue weighted by Gasteiger charge is -2.08. The Kier molecular flexibility index (Phi) is 14.4. The fraction of sp³-hybridized carbons (Fsp3) is 0.632. The number of carbonyl (C=O) groups is 1. The first kappa shape index (κ1) is 22.4. The number of amides is 1. The van der Waals surface area contributed by atoms with Crippen molar-refractivity contribution in [1.82, 2.24) is 21.4 Å². The molecule has 0 saturated carbocycles. The Morgan fingerprint density at radius 1 is 0.808 bits per heavy atom. The van der Waals surface area contributed by atoms with Crippen LogP contribution in [-0.2, 0) is 11.4 Å². The predicted molar refractivity (Wildman–Crippen MR) is 104 cm³/mol. The highest BCUT2D eigenvalue weighted by molar-refractivity contribution is 5.64. The molecule has 1 amide bonds. The maximum absolute atomic E-state index is 10.3. The fourth-order valence-corrected chi connectivity index (χ4v) is 2.40. The molecule has 0 spiro atoms. The van der Waals surface area contributed by atoms with Crippen molar-refractivity contribution >= 4 is 6.09 Å². The first-order valence-electron chi connectivity index (χ1n) is 9.56. The van der Waals surface area contributed by atoms with E-state index in [1.807, 2.05) is 18.2 Å². The molecule has 0 aliphatic carbocycles. The van der Waals surface area contributed by atoms with E-state index in [4.69, 9.17) is 9.94 Å². The Morgan fingerprint density at radius 3 is 2.12 bits per heavy atom. The van der Waals surface area contributed by atoms with E-state index in [1.165, 1.54) is 5.56 Å². The van der Waals surface area contributed by atoms with Crippen LogP contribution in [0.5, 0.6) is 0 Å². The molecule has 0 fully saturated rings. The SMILES string of the molecule is O=C(O)NCCCCCNCCNCCCCNOCc1ccccc1. The van der Waals surface area contributed by atoms with Crippen molar-refractivity contribution in [2.24, 2.45) is 0 Å². The third kappa shape index (κ3) is 14.7. The standard InChI is InChI=1S/C19H34N4O3/c24-19(25)22-13-6-2-5-11-20-15-16-21-12-7-8-14-23-26-17-18-9-3-1-4-10-18/h1,3-4,9-10,20-23H,2,5-8,11-17H2,(H,24,25). The molecular weight excluding hydrogens is 332 g/mol. The summed E-state index contributed by atoms with van der Waals surface area (Å²) in [4.78, 5) is 15.7. The lowest BCUT2D eigenvalue weighted by Crippen LogP contribution is -2.29. The van der Waals surface area contributed by atoms with Crippen molar-refractivity contribution in [3.63, 3.8) is 0 Å². The van der Waals surface area contributed by atoms with Crippen molar-refractivity contribution in [3.8, 4) is 0 Å². The summed E-state index contributed by atoms with van der Waals surface area (Å²) in [5, 5.41) is 17.6. The lowest BCUT2D eigenvalue weighted by molar-refractivity contribution is 0.0273. The number of nitrogens with one attached hydrogen (secondary N) is 4. The molecule has 148 valence electrons. The molecule has 0 bridgehead atoms. The Balaban J connectivity index is 1.70. The number of benzene rings is 1. The molecule has 0 atom stereocenters. The number of carboxylic acid groups (broad SMARTS) is 1. The van der Waals surface area contributed by atoms with Gasteiger partial charge in [-0.1, -0.05) is 36.8 Å². The van der Waals surface area contributed by atoms with Gasteiger partial charge < -0.3 is 21.1 Å². The van der Waals surface area contributed by atoms with Gasteiger partial charge in [0, 0.05) is 26.2 Å². The van der Waals surface area contributed by atoms with E-state index in [0.29, 0.717) is 13.2 Å². The molecule has 0 aliphatic heterocycles. The molecule has 0 radical (unpaired) electrons. The molecule has 0 heterocycles. The van der Waals surface area contributed by atoms with Crippen molar-refractivity contribution in [3.05, 3.63) is 35.9 Å². The predicted octanol–water partition coefficient (Wildman–Crippen LogP) is 2.11. The zero-order valence-electron chi connectivity index (χ0n) is 15.6. The second-order valence-corrected chi connectivity index (χ2v) is 6.17. The zero-order chi connectivity index (χ0) is 18.7. The number of hydrogen-bond acceptors (Lipinski definition) is 5. The van der Waals surface area contributed by atoms with Gasteiger partial charge in [-0.3, -0.25) is 4.84 Å². The average molecular weight is 367 g/mol. The third-order valence-electron chi connectivity index (χ3n) is 3.85. The quantitative estimate of drug-likeness (QED) is 0.214. The number of hydroxylamine groups is 1. The Labute approximate surface area is 156 Å². The Bertz CT molecular complexity index is 446. The maximum Gasteiger partial charge on any atom is 0.404 e. The van der Waals surface area contributed by atoms with Gasteiger partial charge in [-0.25, -0.2) is 10.3 Å². The molecule has 0 aliphatic rings. The maximum atomic E-state index is 10.3. The topological polar surface area (TPSA) is 94.7 Å². The highest BCUT2D eigenvalue weighted by Crippen LogP contribution is 1.99. The van der Waals surface area contributed by atoms with E-state index in [0.717, 1.165) is 64.8 Å². The van der Waals surface area contributed by atoms with Crippen LogP contribution in [0.2, 0.25) is 0 Å². The van der Waals surface area contributed by atoms with E-state index >= 15 is 0 Å². The first-order chi connectivity index (χ1) is 12.8. The molecule has 0 saturated heterocycles. The molecule has 1 aromatic rings. The molecular formula is C19H34N4O3. The first-order valence-corrected chi connectivity index (χ1v) is 9.56. The van der Waals surface area contributed by atoms with Crippen molar-refractivity contribution in [2.45, 2.75) is 38.7 Å². The molecule has 5 N–H and O–H groups in total. The van der Waals surface area contributed by atoms with Gasteiger partial charge in [-0.05, 0) is 44.3 Å². The van der Waals surface area contributed by atoms with Gasteiger partial charge >= 0.3 is 6.09 Å². The number of hydrogen-bond donors (Lipinski definition) is 5. The molecule has 0 unspecified atom stereocenters. The average Bonchev–Trinajstić information content (AvgIpc) is 2.65. The second-order valence-electron chi connectivity index (χ2n) is 6.17. The Hall–Kier alpha value is -1.67. The van der Waals surface area contributed by atoms with Gasteiger partial charge in [0.25, 0.3) is 0 Å². The minimum absolute atomic E-state index is 0.545. The summed E-state index contributed by atoms with van der Waals surface area (Å²) in [5.41, 5.74) is 4.17. The molecule has 7 heteroatoms. The summed E-state index contributed by atoms with van der Waals surface area (Å²) in [6.07, 6.45) is 4.29. The van der Waals surface area contributed by atoms with Crippen LogP contribution in [0.15, 0.2) is 30.3 Å². The van der Waals surface area contributed by atoms with Gasteiger partial charge in [0.1, 0.15) is 0 Å². The van der Waals surface area contributed by atoms with Crippen LogP contribution in [0.25, 0.3) is 0 Å². The van der Waals surface area contributed by atoms with Crippen LogP contribution in [0.1, 0.15) is 37.7 Å². The molecule has 1 aromatic carbocycles. The second kappa shape index (κ2) is 16.8. The van der Waals surface area contributed by atoms with E-state index < -0.39 is 6.09 Å². The molecule has 0 aromatic heterocycles. The van der Waals surface area contributed by atoms with Gasteiger partial charge in [0.05, 0.1) is 6.61 Å². The van der Waals surface area contributed by atoms with E-state index in [2.05, 4.69) is 33.6 Å². The van der Waals surface area contributed by atoms with Crippen LogP contribution in [-0.4, -0.2) is 50.5 Å². The van der Waals surface area contributed by atoms with Crippen LogP contribution < -0.4 is 21.4 Å². The van der Waals surface area contributed by atoms with Crippen LogP contribution in [0, 0.1) is 0 Å². The Morgan fingerprint density at radius 2 is 1.42 bits per heavy atom. The molecule has 26 heavy (non-hydrogen) atoms. The van der Waals surface area contributed by atoms with E-state index in [9.17, 15) is 4.79 Å². The monoisotopic (exact) mass is 366 g/mol. The molecule has 1 rings (SSSR count). The highest BCUT2D eigenvalue weighted by atomic mass is 16.6. The molecule has 7 nitrogen and oxygen atoms in total. The van der Waals surface area contributed by atoms with Gasteiger partial charge in [0.15, 0.2) is 0 Å². The fourth-order valence-electron chi connectivity index (χ4n) is 2.40. The minimum Gasteiger partial charge on any atom is -0.465 e. The van der Waals surface area contributed by atoms with Gasteiger partial charge in [-0.2, -0.15) is 0 Å². The van der Waals surface area contributed by atoms with E-state index in [-0.39, 0.29) is 0 Å². The van der Waals surface area contributed by atoms with Crippen LogP contribution in [0.3, 0.4) is 0 Å². The van der Waals surface area contributed by atoms with Crippen LogP contribution in [0.4, 0.5) is 4.79 Å². The normalized spacial score (nSPS) is 10.8. The summed E-state index contributed by atoms with van der Waals surface area (Å²) in [6.45, 7) is 5.94. The smallest absolute Gasteiger partial charge is 0.404 e. The van der Waals surface area contributed by atoms with Crippen molar-refractivity contribution < 1.29 is 14.7 Å². The number of rotatable bonds is 17. The third-order valence-corrected chi connectivity index (χ3v) is 3.85. The van der Waals surface area contributed by atoms with Gasteiger partial charge in [0.2, 0.25) is 0 Å². The largest absolute Gasteiger partial charge is 0.465 e. The summed E-state index contributed by atoms with van der Waals surface area (Å²) in [7, 11) is 0. The van der Waals surface area contributed by atoms with Gasteiger partial charge in [-0.15, -0.1) is 0 Å². The number of unbranched alkanes of at least 4 members (excludes halogenated alkanes) is 3. The zero-order valence-corrected chi connectivity index (χ0v) is 15.6. The lowest BCUT2D eigenvalue weighted by atomic mass is 10.2. The van der Waals surface area contributed by atoms with Crippen molar-refractivity contribution in [1.29, 1.82) is 0 Å². The van der Waals surface area contributed by atoms with E-state index in [1.54, 1.807) is 0 Å². The summed E-state index contributed by atoms with van der Waals surface area (Å²) in [6, 6.07) is 10.1. The summed E-state index contributed by atoms with van der Waals surface area (Å²) in [5.74, 6) is 0. The highest BCUT2D eigenvalue weighted by Gasteiger charge is 1.95. The minimum atomic E-state index is -0.940. The van der Waals surface area contributed by atoms with Crippen molar-refractivity contribution in [2.75, 3.05) is 39.3 Å². The summed E-state index contributed by atoms with van der Waals surface area (Å²) < 4.78 is 0.